The molecule has 2 saturated heterocycles. The van der Waals surface area contributed by atoms with E-state index < -0.39 is 0 Å². The van der Waals surface area contributed by atoms with Gasteiger partial charge in [-0.2, -0.15) is 0 Å². The van der Waals surface area contributed by atoms with Gasteiger partial charge in [0, 0.05) is 60.5 Å². The van der Waals surface area contributed by atoms with Crippen LogP contribution in [0.15, 0.2) is 58.5 Å². The number of para-hydroxylation sites is 2. The molecule has 4 atom stereocenters. The molecule has 0 bridgehead atoms. The van der Waals surface area contributed by atoms with Crippen LogP contribution in [-0.2, 0) is 14.3 Å². The summed E-state index contributed by atoms with van der Waals surface area (Å²) in [5.41, 5.74) is 6.84. The van der Waals surface area contributed by atoms with Crippen molar-refractivity contribution in [2.24, 2.45) is 9.98 Å². The molecular weight excluding hydrogens is 765 g/mol. The third-order valence-corrected chi connectivity index (χ3v) is 15.5. The summed E-state index contributed by atoms with van der Waals surface area (Å²) < 4.78 is 11.6. The number of rotatable bonds is 14. The molecule has 58 heavy (non-hydrogen) atoms. The Morgan fingerprint density at radius 2 is 1.10 bits per heavy atom. The first-order valence-electron chi connectivity index (χ1n) is 22.0. The van der Waals surface area contributed by atoms with Crippen LogP contribution in [-0.4, -0.2) is 136 Å². The summed E-state index contributed by atoms with van der Waals surface area (Å²) in [5, 5.41) is 12.1. The largest absolute Gasteiger partial charge is 0.381 e. The number of Topliss-reactive ketones (excluding diaryl/α,β-unsaturated/α-hetero) is 1. The highest BCUT2D eigenvalue weighted by atomic mass is 32.2. The Morgan fingerprint density at radius 1 is 0.672 bits per heavy atom. The summed E-state index contributed by atoms with van der Waals surface area (Å²) in [6.07, 6.45) is 11.6. The molecule has 2 aromatic heterocycles. The first-order valence-corrected chi connectivity index (χ1v) is 23.9. The molecule has 4 aromatic rings. The molecule has 2 aliphatic carbocycles. The van der Waals surface area contributed by atoms with E-state index in [4.69, 9.17) is 19.5 Å². The lowest BCUT2D eigenvalue weighted by Crippen LogP contribution is -2.57. The number of nitrogens with one attached hydrogen (secondary N) is 4. The molecule has 0 radical (unpaired) electrons. The lowest BCUT2D eigenvalue weighted by molar-refractivity contribution is -0.134. The van der Waals surface area contributed by atoms with Crippen molar-refractivity contribution in [3.05, 3.63) is 59.9 Å². The number of fused-ring (bicyclic) bond motifs is 2. The van der Waals surface area contributed by atoms with Gasteiger partial charge in [0.1, 0.15) is 10.1 Å². The predicted molar refractivity (Wildman–Crippen MR) is 241 cm³/mol. The van der Waals surface area contributed by atoms with Crippen molar-refractivity contribution in [3.63, 3.8) is 0 Å². The number of morpholine rings is 2. The van der Waals surface area contributed by atoms with Gasteiger partial charge in [-0.1, -0.05) is 49.9 Å². The Kier molecular flexibility index (Phi) is 11.9. The molecule has 0 spiro atoms. The third-order valence-electron chi connectivity index (χ3n) is 13.2. The van der Waals surface area contributed by atoms with E-state index >= 15 is 4.79 Å². The summed E-state index contributed by atoms with van der Waals surface area (Å²) >= 11 is 3.64. The van der Waals surface area contributed by atoms with E-state index in [1.54, 1.807) is 0 Å². The number of carbonyl (C=O) groups excluding carboxylic acids is 1. The monoisotopic (exact) mass is 822 g/mol. The molecule has 4 fully saturated rings. The van der Waals surface area contributed by atoms with Crippen LogP contribution in [0.1, 0.15) is 75.6 Å². The van der Waals surface area contributed by atoms with Gasteiger partial charge < -0.3 is 30.1 Å². The van der Waals surface area contributed by atoms with Crippen LogP contribution in [0.25, 0.3) is 21.8 Å². The number of H-pyrrole nitrogens is 2. The number of carbonyl (C=O) groups is 1. The molecule has 0 amide bonds. The van der Waals surface area contributed by atoms with Gasteiger partial charge in [0.05, 0.1) is 84.4 Å². The maximum atomic E-state index is 15.2. The van der Waals surface area contributed by atoms with Gasteiger partial charge in [0.15, 0.2) is 5.78 Å². The second-order valence-electron chi connectivity index (χ2n) is 17.2. The molecule has 2 saturated carbocycles. The van der Waals surface area contributed by atoms with Crippen molar-refractivity contribution in [2.75, 3.05) is 74.7 Å². The van der Waals surface area contributed by atoms with E-state index in [2.05, 4.69) is 78.9 Å². The Bertz CT molecular complexity index is 1980. The standard InChI is InChI=1S/C45H58N8O3S2/c54-43(39(52-15-19-55-20-16-52)25-33-27-57-44(48-33)37-23-29-7-5-13-35(41(29)50-37)46-31-9-1-2-10-31)40(53-17-21-56-22-18-53)26-34-28-58-45(49-34)38-24-30-8-6-14-36(42(30)51-38)47-32-11-3-4-12-32/h5-8,13-14,23-24,31-34,39-40,46-47,50-51H,1-4,9-12,15-22,25-28H2/t33-,34-,39?,40?/m1/s1. The number of ketones is 1. The molecular formula is C45H58N8O3S2. The highest BCUT2D eigenvalue weighted by Gasteiger charge is 2.40. The van der Waals surface area contributed by atoms with Crippen LogP contribution < -0.4 is 10.6 Å². The van der Waals surface area contributed by atoms with Crippen LogP contribution >= 0.6 is 23.5 Å². The lowest BCUT2D eigenvalue weighted by atomic mass is 9.92. The van der Waals surface area contributed by atoms with Crippen LogP contribution in [0.3, 0.4) is 0 Å². The van der Waals surface area contributed by atoms with Crippen molar-refractivity contribution in [1.29, 1.82) is 0 Å². The number of anilines is 2. The predicted octanol–water partition coefficient (Wildman–Crippen LogP) is 7.53. The van der Waals surface area contributed by atoms with Crippen LogP contribution in [0.4, 0.5) is 11.4 Å². The normalized spacial score (nSPS) is 25.1. The average Bonchev–Trinajstić information content (AvgIpc) is 4.11. The van der Waals surface area contributed by atoms with Gasteiger partial charge >= 0.3 is 0 Å². The highest BCUT2D eigenvalue weighted by Crippen LogP contribution is 2.35. The van der Waals surface area contributed by atoms with Gasteiger partial charge in [-0.25, -0.2) is 0 Å². The number of aliphatic imine (C=N–C) groups is 2. The maximum absolute atomic E-state index is 15.2. The number of hydrogen-bond acceptors (Lipinski definition) is 11. The zero-order chi connectivity index (χ0) is 38.8. The topological polar surface area (TPSA) is 122 Å². The van der Waals surface area contributed by atoms with Gasteiger partial charge in [-0.05, 0) is 62.8 Å². The minimum atomic E-state index is -0.229. The van der Waals surface area contributed by atoms with Crippen molar-refractivity contribution >= 4 is 72.6 Å². The maximum Gasteiger partial charge on any atom is 0.167 e. The number of aromatic amines is 2. The molecule has 10 rings (SSSR count). The molecule has 6 heterocycles. The molecule has 308 valence electrons. The van der Waals surface area contributed by atoms with Gasteiger partial charge in [-0.3, -0.25) is 24.6 Å². The van der Waals surface area contributed by atoms with Crippen molar-refractivity contribution in [2.45, 2.75) is 100 Å². The smallest absolute Gasteiger partial charge is 0.167 e. The first-order chi connectivity index (χ1) is 28.6. The minimum Gasteiger partial charge on any atom is -0.381 e. The Morgan fingerprint density at radius 3 is 1.53 bits per heavy atom. The second-order valence-corrected chi connectivity index (χ2v) is 19.2. The molecule has 2 unspecified atom stereocenters. The summed E-state index contributed by atoms with van der Waals surface area (Å²) in [6, 6.07) is 18.3. The van der Waals surface area contributed by atoms with E-state index in [1.807, 2.05) is 23.5 Å². The third kappa shape index (κ3) is 8.49. The minimum absolute atomic E-state index is 0.0614. The van der Waals surface area contributed by atoms with Crippen molar-refractivity contribution in [1.82, 2.24) is 19.8 Å². The zero-order valence-electron chi connectivity index (χ0n) is 33.6. The number of aromatic nitrogens is 2. The van der Waals surface area contributed by atoms with Crippen LogP contribution in [0.2, 0.25) is 0 Å². The molecule has 4 aliphatic heterocycles. The molecule has 13 heteroatoms. The Balaban J connectivity index is 0.875. The second kappa shape index (κ2) is 17.7. The molecule has 11 nitrogen and oxygen atoms in total. The van der Waals surface area contributed by atoms with E-state index in [9.17, 15) is 0 Å². The number of hydrogen-bond donors (Lipinski definition) is 4. The fourth-order valence-electron chi connectivity index (χ4n) is 10.1. The van der Waals surface area contributed by atoms with E-state index in [0.717, 1.165) is 70.2 Å². The molecule has 2 aromatic carbocycles. The van der Waals surface area contributed by atoms with Gasteiger partial charge in [0.25, 0.3) is 0 Å². The van der Waals surface area contributed by atoms with Crippen LogP contribution in [0.5, 0.6) is 0 Å². The van der Waals surface area contributed by atoms with Gasteiger partial charge in [0.2, 0.25) is 0 Å². The molecule has 6 aliphatic rings. The Hall–Kier alpha value is -3.33. The first kappa shape index (κ1) is 38.8. The van der Waals surface area contributed by atoms with Gasteiger partial charge in [-0.15, -0.1) is 23.5 Å². The molecule has 4 N–H and O–H groups in total. The van der Waals surface area contributed by atoms with E-state index in [0.29, 0.717) is 57.1 Å². The van der Waals surface area contributed by atoms with Crippen molar-refractivity contribution in [3.8, 4) is 0 Å². The van der Waals surface area contributed by atoms with E-state index in [1.165, 1.54) is 73.5 Å². The summed E-state index contributed by atoms with van der Waals surface area (Å²) in [5.74, 6) is 2.07. The zero-order valence-corrected chi connectivity index (χ0v) is 35.2. The SMILES string of the molecule is O=C(C(C[C@@H]1CSC(c2cc3cccc(NC4CCCC4)c3[nH]2)=N1)N1CCOCC1)C(C[C@@H]1CSC(c2cc3cccc(NC4CCCC4)c3[nH]2)=N1)N1CCOCC1. The highest BCUT2D eigenvalue weighted by molar-refractivity contribution is 8.15. The number of ether oxygens (including phenoxy) is 2. The van der Waals surface area contributed by atoms with Crippen molar-refractivity contribution < 1.29 is 14.3 Å². The summed E-state index contributed by atoms with van der Waals surface area (Å²) in [6.45, 7) is 5.68. The fraction of sp³-hybridized carbons (Fsp3) is 0.578. The quantitative estimate of drug-likeness (QED) is 0.102. The fourth-order valence-corrected chi connectivity index (χ4v) is 12.2. The number of nitrogens with zero attached hydrogens (tertiary/aromatic N) is 4. The summed E-state index contributed by atoms with van der Waals surface area (Å²) in [7, 11) is 0. The average molecular weight is 823 g/mol. The number of thioether (sulfide) groups is 2. The lowest BCUT2D eigenvalue weighted by Gasteiger charge is -2.40. The Labute approximate surface area is 350 Å². The van der Waals surface area contributed by atoms with E-state index in [-0.39, 0.29) is 24.2 Å². The summed E-state index contributed by atoms with van der Waals surface area (Å²) in [4.78, 5) is 38.1. The number of benzene rings is 2. The van der Waals surface area contributed by atoms with Crippen LogP contribution in [0, 0.1) is 0 Å².